The van der Waals surface area contributed by atoms with Gasteiger partial charge in [-0.25, -0.2) is 0 Å². The lowest BCUT2D eigenvalue weighted by molar-refractivity contribution is 0.271. The first-order valence-electron chi connectivity index (χ1n) is 2.32. The number of hydrogen-bond acceptors (Lipinski definition) is 3. The maximum absolute atomic E-state index is 5.34. The van der Waals surface area contributed by atoms with Crippen molar-refractivity contribution in [1.82, 2.24) is 0 Å². The summed E-state index contributed by atoms with van der Waals surface area (Å²) in [6.45, 7) is 0.459. The third-order valence-electron chi connectivity index (χ3n) is 0.821. The van der Waals surface area contributed by atoms with E-state index >= 15 is 0 Å². The SMILES string of the molecule is NC1=COCC(N)=C1. The van der Waals surface area contributed by atoms with Crippen LogP contribution in [-0.4, -0.2) is 6.61 Å². The van der Waals surface area contributed by atoms with Gasteiger partial charge in [-0.1, -0.05) is 0 Å². The van der Waals surface area contributed by atoms with Gasteiger partial charge in [-0.2, -0.15) is 0 Å². The molecule has 44 valence electrons. The van der Waals surface area contributed by atoms with Gasteiger partial charge in [0.05, 0.1) is 5.70 Å². The number of ether oxygens (including phenoxy) is 1. The molecular formula is C5H8N2O. The first-order valence-corrected chi connectivity index (χ1v) is 2.32. The van der Waals surface area contributed by atoms with Crippen LogP contribution in [0.2, 0.25) is 0 Å². The quantitative estimate of drug-likeness (QED) is 0.450. The van der Waals surface area contributed by atoms with Crippen molar-refractivity contribution in [2.45, 2.75) is 0 Å². The molecule has 8 heavy (non-hydrogen) atoms. The van der Waals surface area contributed by atoms with Crippen molar-refractivity contribution in [1.29, 1.82) is 0 Å². The van der Waals surface area contributed by atoms with E-state index in [0.29, 0.717) is 18.0 Å². The smallest absolute Gasteiger partial charge is 0.127 e. The molecule has 0 radical (unpaired) electrons. The van der Waals surface area contributed by atoms with Crippen molar-refractivity contribution in [2.24, 2.45) is 11.5 Å². The minimum Gasteiger partial charge on any atom is -0.493 e. The first-order chi connectivity index (χ1) is 3.79. The van der Waals surface area contributed by atoms with Crippen molar-refractivity contribution in [3.63, 3.8) is 0 Å². The fourth-order valence-electron chi connectivity index (χ4n) is 0.524. The lowest BCUT2D eigenvalue weighted by Gasteiger charge is -2.06. The van der Waals surface area contributed by atoms with Gasteiger partial charge >= 0.3 is 0 Å². The summed E-state index contributed by atoms with van der Waals surface area (Å²) in [6, 6.07) is 0. The van der Waals surface area contributed by atoms with Crippen LogP contribution in [0.4, 0.5) is 0 Å². The van der Waals surface area contributed by atoms with Gasteiger partial charge in [0.1, 0.15) is 12.9 Å². The average molecular weight is 112 g/mol. The third-order valence-corrected chi connectivity index (χ3v) is 0.821. The molecule has 0 saturated heterocycles. The Morgan fingerprint density at radius 2 is 2.25 bits per heavy atom. The molecule has 0 amide bonds. The van der Waals surface area contributed by atoms with E-state index in [0.717, 1.165) is 0 Å². The van der Waals surface area contributed by atoms with Gasteiger partial charge in [-0.3, -0.25) is 0 Å². The number of rotatable bonds is 0. The van der Waals surface area contributed by atoms with Crippen LogP contribution in [-0.2, 0) is 4.74 Å². The lowest BCUT2D eigenvalue weighted by atomic mass is 10.3. The standard InChI is InChI=1S/C5H8N2O/c6-4-1-5(7)3-8-2-4/h1-2H,3,6-7H2. The highest BCUT2D eigenvalue weighted by Crippen LogP contribution is 1.99. The monoisotopic (exact) mass is 112 g/mol. The average Bonchev–Trinajstić information content (AvgIpc) is 1.64. The maximum Gasteiger partial charge on any atom is 0.127 e. The summed E-state index contributed by atoms with van der Waals surface area (Å²) in [6.07, 6.45) is 3.17. The van der Waals surface area contributed by atoms with E-state index in [1.165, 1.54) is 6.26 Å². The molecule has 3 nitrogen and oxygen atoms in total. The van der Waals surface area contributed by atoms with Crippen LogP contribution in [0.15, 0.2) is 23.7 Å². The van der Waals surface area contributed by atoms with Gasteiger partial charge in [0, 0.05) is 5.70 Å². The van der Waals surface area contributed by atoms with Crippen LogP contribution in [0.3, 0.4) is 0 Å². The lowest BCUT2D eigenvalue weighted by Crippen LogP contribution is -2.11. The molecule has 0 spiro atoms. The number of nitrogens with two attached hydrogens (primary N) is 2. The molecule has 1 aliphatic heterocycles. The van der Waals surface area contributed by atoms with E-state index in [2.05, 4.69) is 0 Å². The molecule has 0 fully saturated rings. The van der Waals surface area contributed by atoms with Crippen molar-refractivity contribution in [2.75, 3.05) is 6.61 Å². The van der Waals surface area contributed by atoms with Gasteiger partial charge in [-0.05, 0) is 6.08 Å². The molecule has 0 aromatic carbocycles. The predicted molar refractivity (Wildman–Crippen MR) is 30.5 cm³/mol. The maximum atomic E-state index is 5.34. The highest BCUT2D eigenvalue weighted by atomic mass is 16.5. The Morgan fingerprint density at radius 1 is 1.50 bits per heavy atom. The highest BCUT2D eigenvalue weighted by Gasteiger charge is 1.96. The van der Waals surface area contributed by atoms with Crippen LogP contribution in [0.25, 0.3) is 0 Å². The topological polar surface area (TPSA) is 61.3 Å². The Labute approximate surface area is 47.6 Å². The Bertz CT molecular complexity index is 149. The van der Waals surface area contributed by atoms with Crippen LogP contribution >= 0.6 is 0 Å². The second-order valence-electron chi connectivity index (χ2n) is 1.65. The Kier molecular flexibility index (Phi) is 1.12. The van der Waals surface area contributed by atoms with E-state index in [4.69, 9.17) is 16.2 Å². The molecule has 1 aliphatic rings. The van der Waals surface area contributed by atoms with Crippen LogP contribution in [0, 0.1) is 0 Å². The van der Waals surface area contributed by atoms with Gasteiger partial charge in [0.15, 0.2) is 0 Å². The van der Waals surface area contributed by atoms with E-state index in [-0.39, 0.29) is 0 Å². The number of allylic oxidation sites excluding steroid dienone is 1. The summed E-state index contributed by atoms with van der Waals surface area (Å²) in [4.78, 5) is 0. The summed E-state index contributed by atoms with van der Waals surface area (Å²) < 4.78 is 4.81. The molecule has 0 aliphatic carbocycles. The molecule has 0 aromatic heterocycles. The number of hydrogen-bond donors (Lipinski definition) is 2. The fraction of sp³-hybridized carbons (Fsp3) is 0.200. The van der Waals surface area contributed by atoms with Gasteiger partial charge < -0.3 is 16.2 Å². The van der Waals surface area contributed by atoms with Gasteiger partial charge in [-0.15, -0.1) is 0 Å². The van der Waals surface area contributed by atoms with Gasteiger partial charge in [0.2, 0.25) is 0 Å². The minimum atomic E-state index is 0.459. The molecule has 1 heterocycles. The van der Waals surface area contributed by atoms with Crippen LogP contribution < -0.4 is 11.5 Å². The van der Waals surface area contributed by atoms with E-state index < -0.39 is 0 Å². The third kappa shape index (κ3) is 0.932. The largest absolute Gasteiger partial charge is 0.493 e. The first kappa shape index (κ1) is 5.03. The minimum absolute atomic E-state index is 0.459. The Morgan fingerprint density at radius 3 is 2.62 bits per heavy atom. The molecule has 0 bridgehead atoms. The summed E-state index contributed by atoms with van der Waals surface area (Å²) in [7, 11) is 0. The Balaban J connectivity index is 2.69. The normalized spacial score (nSPS) is 18.5. The zero-order valence-corrected chi connectivity index (χ0v) is 4.42. The molecule has 0 saturated carbocycles. The zero-order chi connectivity index (χ0) is 5.98. The van der Waals surface area contributed by atoms with Crippen molar-refractivity contribution in [3.8, 4) is 0 Å². The second kappa shape index (κ2) is 1.78. The van der Waals surface area contributed by atoms with Crippen LogP contribution in [0.5, 0.6) is 0 Å². The molecule has 1 rings (SSSR count). The summed E-state index contributed by atoms with van der Waals surface area (Å²) in [5.74, 6) is 0. The Hall–Kier alpha value is -1.12. The van der Waals surface area contributed by atoms with Crippen molar-refractivity contribution >= 4 is 0 Å². The predicted octanol–water partition coefficient (Wildman–Crippen LogP) is -0.341. The van der Waals surface area contributed by atoms with Crippen molar-refractivity contribution in [3.05, 3.63) is 23.7 Å². The van der Waals surface area contributed by atoms with E-state index in [1.54, 1.807) is 6.08 Å². The second-order valence-corrected chi connectivity index (χ2v) is 1.65. The molecule has 0 unspecified atom stereocenters. The molecule has 0 atom stereocenters. The van der Waals surface area contributed by atoms with Crippen LogP contribution in [0.1, 0.15) is 0 Å². The summed E-state index contributed by atoms with van der Waals surface area (Å²) in [5, 5.41) is 0. The van der Waals surface area contributed by atoms with E-state index in [1.807, 2.05) is 0 Å². The van der Waals surface area contributed by atoms with Gasteiger partial charge in [0.25, 0.3) is 0 Å². The highest BCUT2D eigenvalue weighted by molar-refractivity contribution is 5.20. The summed E-state index contributed by atoms with van der Waals surface area (Å²) in [5.41, 5.74) is 11.9. The zero-order valence-electron chi connectivity index (χ0n) is 4.42. The molecular weight excluding hydrogens is 104 g/mol. The van der Waals surface area contributed by atoms with E-state index in [9.17, 15) is 0 Å². The summed E-state index contributed by atoms with van der Waals surface area (Å²) >= 11 is 0. The molecule has 0 aromatic rings. The molecule has 3 heteroatoms. The van der Waals surface area contributed by atoms with Crippen molar-refractivity contribution < 1.29 is 4.74 Å². The fourth-order valence-corrected chi connectivity index (χ4v) is 0.524. The molecule has 4 N–H and O–H groups in total.